The molecule has 0 unspecified atom stereocenters. The molecule has 0 aliphatic heterocycles. The first-order chi connectivity index (χ1) is 10.2. The Balaban J connectivity index is 2.28. The minimum absolute atomic E-state index is 0.292. The lowest BCUT2D eigenvalue weighted by molar-refractivity contribution is 0.105. The van der Waals surface area contributed by atoms with Crippen molar-refractivity contribution < 1.29 is 14.3 Å². The van der Waals surface area contributed by atoms with Gasteiger partial charge in [0.25, 0.3) is 0 Å². The Kier molecular flexibility index (Phi) is 3.48. The van der Waals surface area contributed by atoms with Crippen molar-refractivity contribution in [3.05, 3.63) is 54.1 Å². The maximum atomic E-state index is 11.7. The van der Waals surface area contributed by atoms with Gasteiger partial charge in [-0.3, -0.25) is 0 Å². The highest BCUT2D eigenvalue weighted by Crippen LogP contribution is 2.35. The zero-order chi connectivity index (χ0) is 14.8. The van der Waals surface area contributed by atoms with E-state index >= 15 is 0 Å². The van der Waals surface area contributed by atoms with E-state index in [0.29, 0.717) is 12.4 Å². The van der Waals surface area contributed by atoms with Gasteiger partial charge >= 0.3 is 6.16 Å². The topological polar surface area (TPSA) is 35.5 Å². The van der Waals surface area contributed by atoms with Crippen LogP contribution in [0.1, 0.15) is 12.5 Å². The van der Waals surface area contributed by atoms with Gasteiger partial charge in [-0.25, -0.2) is 4.79 Å². The summed E-state index contributed by atoms with van der Waals surface area (Å²) in [5.41, 5.74) is 1.12. The lowest BCUT2D eigenvalue weighted by Gasteiger charge is -2.12. The predicted octanol–water partition coefficient (Wildman–Crippen LogP) is 4.84. The number of aryl methyl sites for hydroxylation is 1. The average molecular weight is 280 g/mol. The Bertz CT molecular complexity index is 821. The first-order valence-electron chi connectivity index (χ1n) is 6.96. The van der Waals surface area contributed by atoms with Gasteiger partial charge in [0.05, 0.1) is 6.61 Å². The number of fused-ring (bicyclic) bond motifs is 2. The maximum Gasteiger partial charge on any atom is 0.513 e. The largest absolute Gasteiger partial charge is 0.513 e. The molecule has 0 spiro atoms. The zero-order valence-electron chi connectivity index (χ0n) is 12.1. The van der Waals surface area contributed by atoms with Gasteiger partial charge in [-0.15, -0.1) is 0 Å². The molecule has 3 aromatic carbocycles. The maximum absolute atomic E-state index is 11.7. The molecule has 3 rings (SSSR count). The molecular formula is C18H16O3. The van der Waals surface area contributed by atoms with Crippen molar-refractivity contribution >= 4 is 27.7 Å². The highest BCUT2D eigenvalue weighted by atomic mass is 16.7. The van der Waals surface area contributed by atoms with Gasteiger partial charge in [0.2, 0.25) is 0 Å². The number of rotatable bonds is 2. The Morgan fingerprint density at radius 3 is 2.57 bits per heavy atom. The second kappa shape index (κ2) is 5.44. The van der Waals surface area contributed by atoms with Crippen LogP contribution in [0.2, 0.25) is 0 Å². The van der Waals surface area contributed by atoms with E-state index in [4.69, 9.17) is 9.47 Å². The lowest BCUT2D eigenvalue weighted by atomic mass is 10.0. The molecule has 3 aromatic rings. The average Bonchev–Trinajstić information content (AvgIpc) is 2.48. The molecule has 0 radical (unpaired) electrons. The van der Waals surface area contributed by atoms with E-state index in [1.165, 1.54) is 0 Å². The van der Waals surface area contributed by atoms with Crippen LogP contribution in [0.3, 0.4) is 0 Å². The van der Waals surface area contributed by atoms with Crippen molar-refractivity contribution in [3.8, 4) is 5.75 Å². The van der Waals surface area contributed by atoms with E-state index in [0.717, 1.165) is 27.1 Å². The number of carbonyl (C=O) groups excluding carboxylic acids is 1. The molecule has 3 heteroatoms. The van der Waals surface area contributed by atoms with Crippen molar-refractivity contribution in [1.29, 1.82) is 0 Å². The van der Waals surface area contributed by atoms with Gasteiger partial charge in [0.15, 0.2) is 0 Å². The van der Waals surface area contributed by atoms with Crippen LogP contribution in [0.15, 0.2) is 48.5 Å². The van der Waals surface area contributed by atoms with Crippen molar-refractivity contribution in [3.63, 3.8) is 0 Å². The first kappa shape index (κ1) is 13.4. The van der Waals surface area contributed by atoms with E-state index in [9.17, 15) is 4.79 Å². The molecule has 0 fully saturated rings. The summed E-state index contributed by atoms with van der Waals surface area (Å²) in [6, 6.07) is 16.1. The minimum Gasteiger partial charge on any atom is -0.434 e. The van der Waals surface area contributed by atoms with Crippen LogP contribution in [0, 0.1) is 6.92 Å². The van der Waals surface area contributed by atoms with Gasteiger partial charge in [-0.2, -0.15) is 0 Å². The summed E-state index contributed by atoms with van der Waals surface area (Å²) >= 11 is 0. The summed E-state index contributed by atoms with van der Waals surface area (Å²) in [7, 11) is 0. The van der Waals surface area contributed by atoms with Crippen LogP contribution in [0.25, 0.3) is 21.5 Å². The third-order valence-electron chi connectivity index (χ3n) is 3.42. The van der Waals surface area contributed by atoms with Gasteiger partial charge in [0.1, 0.15) is 5.75 Å². The molecule has 3 nitrogen and oxygen atoms in total. The summed E-state index contributed by atoms with van der Waals surface area (Å²) in [4.78, 5) is 11.7. The van der Waals surface area contributed by atoms with E-state index in [-0.39, 0.29) is 0 Å². The standard InChI is InChI=1S/C18H16O3/c1-3-20-18(19)21-17-15-7-5-4-6-13(15)11-14-9-8-12(2)10-16(14)17/h4-11H,3H2,1-2H3. The Hall–Kier alpha value is -2.55. The van der Waals surface area contributed by atoms with Crippen LogP contribution in [-0.4, -0.2) is 12.8 Å². The second-order valence-corrected chi connectivity index (χ2v) is 4.94. The van der Waals surface area contributed by atoms with Crippen molar-refractivity contribution in [2.45, 2.75) is 13.8 Å². The molecule has 106 valence electrons. The third-order valence-corrected chi connectivity index (χ3v) is 3.42. The smallest absolute Gasteiger partial charge is 0.434 e. The first-order valence-corrected chi connectivity index (χ1v) is 6.96. The normalized spacial score (nSPS) is 10.8. The van der Waals surface area contributed by atoms with Crippen LogP contribution < -0.4 is 4.74 Å². The highest BCUT2D eigenvalue weighted by molar-refractivity contribution is 6.06. The van der Waals surface area contributed by atoms with Gasteiger partial charge in [-0.05, 0) is 36.8 Å². The Morgan fingerprint density at radius 2 is 1.76 bits per heavy atom. The number of hydrogen-bond donors (Lipinski definition) is 0. The van der Waals surface area contributed by atoms with Gasteiger partial charge in [-0.1, -0.05) is 42.0 Å². The van der Waals surface area contributed by atoms with E-state index < -0.39 is 6.16 Å². The summed E-state index contributed by atoms with van der Waals surface area (Å²) in [6.45, 7) is 4.07. The van der Waals surface area contributed by atoms with Crippen molar-refractivity contribution in [1.82, 2.24) is 0 Å². The molecule has 0 aromatic heterocycles. The molecule has 21 heavy (non-hydrogen) atoms. The Morgan fingerprint density at radius 1 is 1.00 bits per heavy atom. The monoisotopic (exact) mass is 280 g/mol. The second-order valence-electron chi connectivity index (χ2n) is 4.94. The SMILES string of the molecule is CCOC(=O)Oc1c2ccccc2cc2ccc(C)cc12. The van der Waals surface area contributed by atoms with Crippen molar-refractivity contribution in [2.24, 2.45) is 0 Å². The number of ether oxygens (including phenoxy) is 2. The van der Waals surface area contributed by atoms with Crippen LogP contribution in [0.4, 0.5) is 4.79 Å². The summed E-state index contributed by atoms with van der Waals surface area (Å²) < 4.78 is 10.4. The lowest BCUT2D eigenvalue weighted by Crippen LogP contribution is -2.10. The third kappa shape index (κ3) is 2.55. The molecule has 0 amide bonds. The molecular weight excluding hydrogens is 264 g/mol. The molecule has 0 aliphatic carbocycles. The number of carbonyl (C=O) groups is 1. The summed E-state index contributed by atoms with van der Waals surface area (Å²) in [6.07, 6.45) is -0.670. The number of hydrogen-bond acceptors (Lipinski definition) is 3. The fourth-order valence-electron chi connectivity index (χ4n) is 2.48. The van der Waals surface area contributed by atoms with E-state index in [2.05, 4.69) is 6.07 Å². The molecule has 0 N–H and O–H groups in total. The molecule has 0 bridgehead atoms. The minimum atomic E-state index is -0.670. The summed E-state index contributed by atoms with van der Waals surface area (Å²) in [5, 5.41) is 3.90. The molecule has 0 saturated carbocycles. The quantitative estimate of drug-likeness (QED) is 0.383. The van der Waals surface area contributed by atoms with Crippen molar-refractivity contribution in [2.75, 3.05) is 6.61 Å². The molecule has 0 heterocycles. The van der Waals surface area contributed by atoms with Gasteiger partial charge in [0, 0.05) is 10.8 Å². The molecule has 0 aliphatic rings. The fourth-order valence-corrected chi connectivity index (χ4v) is 2.48. The number of benzene rings is 3. The highest BCUT2D eigenvalue weighted by Gasteiger charge is 2.13. The van der Waals surface area contributed by atoms with E-state index in [1.54, 1.807) is 6.92 Å². The molecule has 0 saturated heterocycles. The summed E-state index contributed by atoms with van der Waals surface area (Å²) in [5.74, 6) is 0.560. The Labute approximate surface area is 123 Å². The van der Waals surface area contributed by atoms with Gasteiger partial charge < -0.3 is 9.47 Å². The van der Waals surface area contributed by atoms with Crippen LogP contribution in [-0.2, 0) is 4.74 Å². The van der Waals surface area contributed by atoms with E-state index in [1.807, 2.05) is 49.4 Å². The van der Waals surface area contributed by atoms with Crippen LogP contribution >= 0.6 is 0 Å². The fraction of sp³-hybridized carbons (Fsp3) is 0.167. The van der Waals surface area contributed by atoms with Crippen LogP contribution in [0.5, 0.6) is 5.75 Å². The molecule has 0 atom stereocenters. The predicted molar refractivity (Wildman–Crippen MR) is 83.8 cm³/mol. The zero-order valence-corrected chi connectivity index (χ0v) is 12.1.